The number of hydrogen-bond donors (Lipinski definition) is 0. The third kappa shape index (κ3) is 5.13. The Labute approximate surface area is 71.6 Å². The molecule has 2 heteroatoms. The molecule has 1 aliphatic heterocycles. The second-order valence-corrected chi connectivity index (χ2v) is 4.33. The van der Waals surface area contributed by atoms with E-state index in [-0.39, 0.29) is 0 Å². The molecule has 2 heterocycles. The summed E-state index contributed by atoms with van der Waals surface area (Å²) in [7, 11) is 2.87. The first kappa shape index (κ1) is 8.91. The lowest BCUT2D eigenvalue weighted by molar-refractivity contribution is 1.05. The molecule has 0 fully saturated rings. The van der Waals surface area contributed by atoms with Crippen molar-refractivity contribution in [3.8, 4) is 0 Å². The average Bonchev–Trinajstić information content (AvgIpc) is 2.64. The first-order chi connectivity index (χ1) is 5.50. The fourth-order valence-corrected chi connectivity index (χ4v) is 2.18. The lowest BCUT2D eigenvalue weighted by Gasteiger charge is -1.69. The standard InChI is InChI=1S/C5H5P.C4H7P/c1-2-4-6-5-3-1;1-2-4-5-3-1/h1-5H;3H,1-2,4H2. The SMILES string of the molecule is C1=PCCC1.c1ccpcc1. The third-order valence-corrected chi connectivity index (χ3v) is 3.10. The van der Waals surface area contributed by atoms with Crippen LogP contribution in [0, 0.1) is 0 Å². The van der Waals surface area contributed by atoms with E-state index in [4.69, 9.17) is 0 Å². The van der Waals surface area contributed by atoms with Gasteiger partial charge in [0.15, 0.2) is 0 Å². The Morgan fingerprint density at radius 2 is 1.82 bits per heavy atom. The smallest absolute Gasteiger partial charge is 0.0106 e. The van der Waals surface area contributed by atoms with Gasteiger partial charge >= 0.3 is 0 Å². The minimum absolute atomic E-state index is 1.31. The predicted octanol–water partition coefficient (Wildman–Crippen LogP) is 3.80. The summed E-state index contributed by atoms with van der Waals surface area (Å²) in [6.07, 6.45) is 4.21. The third-order valence-electron chi connectivity index (χ3n) is 1.32. The minimum atomic E-state index is 1.31. The van der Waals surface area contributed by atoms with E-state index in [1.807, 2.05) is 18.2 Å². The van der Waals surface area contributed by atoms with Crippen LogP contribution in [-0.2, 0) is 0 Å². The Morgan fingerprint density at radius 1 is 1.00 bits per heavy atom. The van der Waals surface area contributed by atoms with Gasteiger partial charge in [-0.15, -0.1) is 8.20 Å². The van der Waals surface area contributed by atoms with Gasteiger partial charge in [0, 0.05) is 0 Å². The molecule has 0 unspecified atom stereocenters. The van der Waals surface area contributed by atoms with E-state index in [9.17, 15) is 0 Å². The maximum absolute atomic E-state index is 2.33. The van der Waals surface area contributed by atoms with E-state index in [1.54, 1.807) is 8.20 Å². The Kier molecular flexibility index (Phi) is 5.29. The maximum atomic E-state index is 2.33. The average molecular weight is 182 g/mol. The van der Waals surface area contributed by atoms with E-state index in [0.29, 0.717) is 0 Å². The van der Waals surface area contributed by atoms with Gasteiger partial charge in [0.05, 0.1) is 0 Å². The molecule has 0 bridgehead atoms. The zero-order valence-corrected chi connectivity index (χ0v) is 8.27. The zero-order valence-electron chi connectivity index (χ0n) is 6.48. The Hall–Kier alpha value is -0.180. The molecule has 11 heavy (non-hydrogen) atoms. The van der Waals surface area contributed by atoms with Crippen molar-refractivity contribution in [1.82, 2.24) is 0 Å². The highest BCUT2D eigenvalue weighted by atomic mass is 31.1. The second kappa shape index (κ2) is 6.53. The fraction of sp³-hybridized carbons (Fsp3) is 0.333. The molecule has 0 amide bonds. The van der Waals surface area contributed by atoms with Gasteiger partial charge in [-0.05, 0) is 30.6 Å². The summed E-state index contributed by atoms with van der Waals surface area (Å²) < 4.78 is 0. The van der Waals surface area contributed by atoms with Crippen molar-refractivity contribution in [2.45, 2.75) is 12.8 Å². The summed E-state index contributed by atoms with van der Waals surface area (Å²) in [6, 6.07) is 6.11. The molecule has 0 radical (unpaired) electrons. The molecule has 0 aliphatic carbocycles. The van der Waals surface area contributed by atoms with Crippen LogP contribution in [0.4, 0.5) is 0 Å². The van der Waals surface area contributed by atoms with E-state index in [1.165, 1.54) is 27.2 Å². The van der Waals surface area contributed by atoms with Crippen molar-refractivity contribution in [1.29, 1.82) is 0 Å². The lowest BCUT2D eigenvalue weighted by atomic mass is 10.4. The fourth-order valence-electron chi connectivity index (χ4n) is 0.769. The van der Waals surface area contributed by atoms with Gasteiger partial charge < -0.3 is 0 Å². The Morgan fingerprint density at radius 3 is 2.00 bits per heavy atom. The second-order valence-electron chi connectivity index (χ2n) is 2.26. The van der Waals surface area contributed by atoms with Gasteiger partial charge in [-0.25, -0.2) is 0 Å². The Bertz CT molecular complexity index is 161. The molecule has 0 spiro atoms. The van der Waals surface area contributed by atoms with Crippen LogP contribution in [-0.4, -0.2) is 12.0 Å². The Balaban J connectivity index is 0.000000112. The van der Waals surface area contributed by atoms with Crippen molar-refractivity contribution in [3.05, 3.63) is 29.8 Å². The van der Waals surface area contributed by atoms with Crippen molar-refractivity contribution in [2.75, 3.05) is 6.16 Å². The molecule has 58 valence electrons. The summed E-state index contributed by atoms with van der Waals surface area (Å²) in [5.41, 5.74) is 0. The van der Waals surface area contributed by atoms with Crippen molar-refractivity contribution in [2.24, 2.45) is 0 Å². The monoisotopic (exact) mass is 182 g/mol. The summed E-state index contributed by atoms with van der Waals surface area (Å²) in [5, 5.41) is 0. The number of hydrogen-bond acceptors (Lipinski definition) is 0. The van der Waals surface area contributed by atoms with Crippen LogP contribution in [0.15, 0.2) is 29.8 Å². The molecule has 0 atom stereocenters. The highest BCUT2D eigenvalue weighted by molar-refractivity contribution is 7.38. The van der Waals surface area contributed by atoms with Gasteiger partial charge in [0.1, 0.15) is 0 Å². The molecular weight excluding hydrogens is 170 g/mol. The molecule has 1 aromatic rings. The first-order valence-corrected chi connectivity index (χ1v) is 6.01. The molecule has 0 nitrogen and oxygen atoms in total. The van der Waals surface area contributed by atoms with Crippen LogP contribution in [0.2, 0.25) is 0 Å². The molecule has 1 aliphatic rings. The summed E-state index contributed by atoms with van der Waals surface area (Å²) in [4.78, 5) is 0. The highest BCUT2D eigenvalue weighted by Gasteiger charge is 1.85. The lowest BCUT2D eigenvalue weighted by Crippen LogP contribution is -1.60. The first-order valence-electron chi connectivity index (χ1n) is 3.83. The van der Waals surface area contributed by atoms with Crippen molar-refractivity contribution >= 4 is 22.2 Å². The van der Waals surface area contributed by atoms with Gasteiger partial charge in [-0.3, -0.25) is 0 Å². The molecular formula is C9H12P2. The van der Waals surface area contributed by atoms with Crippen molar-refractivity contribution < 1.29 is 0 Å². The topological polar surface area (TPSA) is 0 Å². The molecule has 0 saturated heterocycles. The normalized spacial score (nSPS) is 15.3. The van der Waals surface area contributed by atoms with E-state index in [2.05, 4.69) is 17.4 Å². The van der Waals surface area contributed by atoms with E-state index >= 15 is 0 Å². The number of rotatable bonds is 0. The molecule has 0 N–H and O–H groups in total. The van der Waals surface area contributed by atoms with Crippen LogP contribution in [0.1, 0.15) is 12.8 Å². The largest absolute Gasteiger partial charge is 0.109 e. The van der Waals surface area contributed by atoms with Gasteiger partial charge in [-0.1, -0.05) is 32.2 Å². The molecule has 1 aromatic heterocycles. The van der Waals surface area contributed by atoms with Crippen LogP contribution in [0.25, 0.3) is 0 Å². The van der Waals surface area contributed by atoms with Crippen LogP contribution >= 0.6 is 16.4 Å². The molecule has 0 saturated carbocycles. The minimum Gasteiger partial charge on any atom is -0.109 e. The molecule has 0 aromatic carbocycles. The molecule has 2 rings (SSSR count). The van der Waals surface area contributed by atoms with Gasteiger partial charge in [0.25, 0.3) is 0 Å². The van der Waals surface area contributed by atoms with Crippen LogP contribution in [0.5, 0.6) is 0 Å². The quantitative estimate of drug-likeness (QED) is 0.535. The van der Waals surface area contributed by atoms with E-state index < -0.39 is 0 Å². The van der Waals surface area contributed by atoms with Gasteiger partial charge in [0.2, 0.25) is 0 Å². The van der Waals surface area contributed by atoms with E-state index in [0.717, 1.165) is 0 Å². The van der Waals surface area contributed by atoms with Crippen LogP contribution in [0.3, 0.4) is 0 Å². The maximum Gasteiger partial charge on any atom is -0.0106 e. The summed E-state index contributed by atoms with van der Waals surface area (Å²) in [6.45, 7) is 0. The summed E-state index contributed by atoms with van der Waals surface area (Å²) in [5.74, 6) is 6.53. The zero-order chi connectivity index (χ0) is 7.78. The van der Waals surface area contributed by atoms with Crippen LogP contribution < -0.4 is 0 Å². The van der Waals surface area contributed by atoms with Crippen molar-refractivity contribution in [3.63, 3.8) is 0 Å². The highest BCUT2D eigenvalue weighted by Crippen LogP contribution is 2.07. The van der Waals surface area contributed by atoms with Gasteiger partial charge in [-0.2, -0.15) is 0 Å². The summed E-state index contributed by atoms with van der Waals surface area (Å²) >= 11 is 0. The predicted molar refractivity (Wildman–Crippen MR) is 56.0 cm³/mol.